The van der Waals surface area contributed by atoms with Crippen molar-refractivity contribution in [3.8, 4) is 0 Å². The van der Waals surface area contributed by atoms with Crippen LogP contribution in [0.1, 0.15) is 53.6 Å². The first kappa shape index (κ1) is 24.2. The van der Waals surface area contributed by atoms with Crippen LogP contribution in [0.3, 0.4) is 0 Å². The zero-order valence-corrected chi connectivity index (χ0v) is 16.6. The Morgan fingerprint density at radius 1 is 0.812 bits per heavy atom. The van der Waals surface area contributed by atoms with Gasteiger partial charge in [-0.1, -0.05) is 6.92 Å². The summed E-state index contributed by atoms with van der Waals surface area (Å²) < 4.78 is 118. The second kappa shape index (κ2) is 8.49. The Morgan fingerprint density at radius 2 is 1.38 bits per heavy atom. The van der Waals surface area contributed by atoms with Crippen molar-refractivity contribution in [3.63, 3.8) is 0 Å². The molecule has 1 heterocycles. The lowest BCUT2D eigenvalue weighted by molar-refractivity contribution is -0.143. The van der Waals surface area contributed by atoms with Gasteiger partial charge in [0.15, 0.2) is 0 Å². The fourth-order valence-electron chi connectivity index (χ4n) is 3.67. The third kappa shape index (κ3) is 5.48. The van der Waals surface area contributed by atoms with E-state index in [4.69, 9.17) is 0 Å². The number of anilines is 1. The predicted octanol–water partition coefficient (Wildman–Crippen LogP) is 7.17. The zero-order valence-electron chi connectivity index (χ0n) is 16.6. The molecule has 0 radical (unpaired) electrons. The smallest absolute Gasteiger partial charge is 0.382 e. The van der Waals surface area contributed by atoms with E-state index in [0.717, 1.165) is 12.1 Å². The SMILES string of the molecule is CC[C@@H]1CC(NCc2cc(C(F)(F)F)cc(C(F)(F)F)c2)c2cc(C(F)(F)F)ccc2N1. The van der Waals surface area contributed by atoms with Crippen molar-refractivity contribution in [2.45, 2.75) is 56.9 Å². The third-order valence-corrected chi connectivity index (χ3v) is 5.33. The zero-order chi connectivity index (χ0) is 23.9. The van der Waals surface area contributed by atoms with Crippen LogP contribution >= 0.6 is 0 Å². The molecule has 1 aliphatic heterocycles. The minimum Gasteiger partial charge on any atom is -0.382 e. The minimum atomic E-state index is -4.98. The predicted molar refractivity (Wildman–Crippen MR) is 99.8 cm³/mol. The van der Waals surface area contributed by atoms with Crippen LogP contribution in [-0.2, 0) is 25.1 Å². The van der Waals surface area contributed by atoms with Gasteiger partial charge in [0, 0.05) is 24.3 Å². The van der Waals surface area contributed by atoms with E-state index in [1.54, 1.807) is 0 Å². The van der Waals surface area contributed by atoms with Crippen molar-refractivity contribution in [2.24, 2.45) is 0 Å². The maximum atomic E-state index is 13.1. The molecule has 0 spiro atoms. The molecule has 2 atom stereocenters. The normalized spacial score (nSPS) is 19.4. The first-order chi connectivity index (χ1) is 14.7. The maximum absolute atomic E-state index is 13.1. The molecule has 2 nitrogen and oxygen atoms in total. The van der Waals surface area contributed by atoms with Crippen LogP contribution in [0.15, 0.2) is 36.4 Å². The van der Waals surface area contributed by atoms with E-state index in [2.05, 4.69) is 10.6 Å². The fourth-order valence-corrected chi connectivity index (χ4v) is 3.67. The average molecular weight is 470 g/mol. The molecule has 2 aromatic carbocycles. The van der Waals surface area contributed by atoms with Gasteiger partial charge in [0.25, 0.3) is 0 Å². The van der Waals surface area contributed by atoms with Crippen molar-refractivity contribution < 1.29 is 39.5 Å². The van der Waals surface area contributed by atoms with Crippen LogP contribution in [0.5, 0.6) is 0 Å². The van der Waals surface area contributed by atoms with Gasteiger partial charge in [-0.2, -0.15) is 39.5 Å². The van der Waals surface area contributed by atoms with Gasteiger partial charge >= 0.3 is 18.5 Å². The van der Waals surface area contributed by atoms with Gasteiger partial charge < -0.3 is 10.6 Å². The van der Waals surface area contributed by atoms with Gasteiger partial charge in [0.05, 0.1) is 16.7 Å². The second-order valence-electron chi connectivity index (χ2n) is 7.63. The van der Waals surface area contributed by atoms with Crippen LogP contribution in [0, 0.1) is 0 Å². The highest BCUT2D eigenvalue weighted by molar-refractivity contribution is 5.57. The number of alkyl halides is 9. The molecule has 1 unspecified atom stereocenters. The van der Waals surface area contributed by atoms with Crippen LogP contribution in [0.2, 0.25) is 0 Å². The first-order valence-corrected chi connectivity index (χ1v) is 9.68. The fraction of sp³-hybridized carbons (Fsp3) is 0.429. The summed E-state index contributed by atoms with van der Waals surface area (Å²) in [6.07, 6.45) is -13.6. The number of halogens is 9. The molecule has 176 valence electrons. The quantitative estimate of drug-likeness (QED) is 0.463. The van der Waals surface area contributed by atoms with E-state index in [1.807, 2.05) is 6.92 Å². The minimum absolute atomic E-state index is 0.0338. The summed E-state index contributed by atoms with van der Waals surface area (Å²) >= 11 is 0. The lowest BCUT2D eigenvalue weighted by Crippen LogP contribution is -2.34. The molecular weight excluding hydrogens is 451 g/mol. The molecule has 0 amide bonds. The summed E-state index contributed by atoms with van der Waals surface area (Å²) in [4.78, 5) is 0. The molecule has 2 aromatic rings. The Morgan fingerprint density at radius 3 is 1.88 bits per heavy atom. The molecule has 11 heteroatoms. The lowest BCUT2D eigenvalue weighted by Gasteiger charge is -2.34. The van der Waals surface area contributed by atoms with E-state index in [1.165, 1.54) is 6.07 Å². The standard InChI is InChI=1S/C21H19F9N2/c1-2-15-9-18(16-8-12(19(22,23)24)3-4-17(16)32-15)31-10-11-5-13(20(25,26)27)7-14(6-11)21(28,29)30/h3-8,15,18,31-32H,2,9-10H2,1H3/t15-,18?/m1/s1. The summed E-state index contributed by atoms with van der Waals surface area (Å²) in [5.41, 5.74) is -3.35. The van der Waals surface area contributed by atoms with Crippen molar-refractivity contribution in [2.75, 3.05) is 5.32 Å². The van der Waals surface area contributed by atoms with Gasteiger partial charge in [0.2, 0.25) is 0 Å². The molecule has 2 N–H and O–H groups in total. The lowest BCUT2D eigenvalue weighted by atomic mass is 9.90. The van der Waals surface area contributed by atoms with Gasteiger partial charge in [-0.3, -0.25) is 0 Å². The van der Waals surface area contributed by atoms with E-state index in [9.17, 15) is 39.5 Å². The van der Waals surface area contributed by atoms with Crippen LogP contribution in [-0.4, -0.2) is 6.04 Å². The van der Waals surface area contributed by atoms with E-state index in [0.29, 0.717) is 30.7 Å². The number of hydrogen-bond donors (Lipinski definition) is 2. The highest BCUT2D eigenvalue weighted by Gasteiger charge is 2.37. The van der Waals surface area contributed by atoms with E-state index >= 15 is 0 Å². The van der Waals surface area contributed by atoms with Gasteiger partial charge in [0.1, 0.15) is 0 Å². The maximum Gasteiger partial charge on any atom is 0.416 e. The second-order valence-corrected chi connectivity index (χ2v) is 7.63. The molecule has 0 aliphatic carbocycles. The number of rotatable bonds is 4. The summed E-state index contributed by atoms with van der Waals surface area (Å²) in [5, 5.41) is 5.96. The highest BCUT2D eigenvalue weighted by Crippen LogP contribution is 2.39. The Bertz CT molecular complexity index is 929. The summed E-state index contributed by atoms with van der Waals surface area (Å²) in [7, 11) is 0. The Labute approximate surface area is 177 Å². The Kier molecular flexibility index (Phi) is 6.43. The summed E-state index contributed by atoms with van der Waals surface area (Å²) in [5.74, 6) is 0. The van der Waals surface area contributed by atoms with Crippen LogP contribution < -0.4 is 10.6 Å². The topological polar surface area (TPSA) is 24.1 Å². The molecule has 3 rings (SSSR count). The molecule has 0 saturated carbocycles. The average Bonchev–Trinajstić information content (AvgIpc) is 2.69. The molecule has 32 heavy (non-hydrogen) atoms. The van der Waals surface area contributed by atoms with E-state index in [-0.39, 0.29) is 29.8 Å². The van der Waals surface area contributed by atoms with Crippen molar-refractivity contribution in [1.82, 2.24) is 5.32 Å². The molecule has 1 aliphatic rings. The van der Waals surface area contributed by atoms with Crippen LogP contribution in [0.4, 0.5) is 45.2 Å². The number of hydrogen-bond acceptors (Lipinski definition) is 2. The molecular formula is C21H19F9N2. The van der Waals surface area contributed by atoms with Crippen molar-refractivity contribution in [1.29, 1.82) is 0 Å². The molecule has 0 fully saturated rings. The molecule has 0 aromatic heterocycles. The summed E-state index contributed by atoms with van der Waals surface area (Å²) in [6.45, 7) is 1.47. The van der Waals surface area contributed by atoms with Crippen molar-refractivity contribution in [3.05, 3.63) is 64.2 Å². The van der Waals surface area contributed by atoms with Gasteiger partial charge in [-0.15, -0.1) is 0 Å². The van der Waals surface area contributed by atoms with Gasteiger partial charge in [-0.25, -0.2) is 0 Å². The Hall–Kier alpha value is -2.43. The Balaban J connectivity index is 1.93. The largest absolute Gasteiger partial charge is 0.416 e. The number of nitrogens with one attached hydrogen (secondary N) is 2. The van der Waals surface area contributed by atoms with Gasteiger partial charge in [-0.05, 0) is 60.4 Å². The number of benzene rings is 2. The third-order valence-electron chi connectivity index (χ3n) is 5.33. The van der Waals surface area contributed by atoms with Crippen molar-refractivity contribution >= 4 is 5.69 Å². The van der Waals surface area contributed by atoms with Crippen LogP contribution in [0.25, 0.3) is 0 Å². The molecule has 0 bridgehead atoms. The highest BCUT2D eigenvalue weighted by atomic mass is 19.4. The number of fused-ring (bicyclic) bond motifs is 1. The molecule has 0 saturated heterocycles. The monoisotopic (exact) mass is 470 g/mol. The first-order valence-electron chi connectivity index (χ1n) is 9.68. The van der Waals surface area contributed by atoms with E-state index < -0.39 is 41.3 Å². The summed E-state index contributed by atoms with van der Waals surface area (Å²) in [6, 6.07) is 3.57.